The molecule has 1 aromatic carbocycles. The number of urea groups is 1. The van der Waals surface area contributed by atoms with Crippen LogP contribution in [0.3, 0.4) is 0 Å². The molecule has 102 valence electrons. The molecule has 1 rings (SSSR count). The van der Waals surface area contributed by atoms with Crippen molar-refractivity contribution in [3.63, 3.8) is 0 Å². The first-order valence-corrected chi connectivity index (χ1v) is 6.46. The Balaban J connectivity index is 2.09. The largest absolute Gasteiger partial charge is 0.382 e. The average molecular weight is 260 g/mol. The Morgan fingerprint density at radius 2 is 2.05 bits per heavy atom. The number of amides is 2. The zero-order valence-electron chi connectivity index (χ0n) is 11.2. The van der Waals surface area contributed by atoms with Crippen molar-refractivity contribution in [3.05, 3.63) is 35.9 Å². The Hall–Kier alpha value is -1.99. The van der Waals surface area contributed by atoms with Gasteiger partial charge in [0.05, 0.1) is 6.54 Å². The third kappa shape index (κ3) is 7.85. The van der Waals surface area contributed by atoms with E-state index in [4.69, 9.17) is 4.74 Å². The number of hydrogen-bond acceptors (Lipinski definition) is 2. The van der Waals surface area contributed by atoms with E-state index in [0.29, 0.717) is 26.3 Å². The van der Waals surface area contributed by atoms with Crippen LogP contribution in [0.25, 0.3) is 0 Å². The SMILES string of the molecule is CCOCCCNC(=O)NCC#Cc1ccccc1. The zero-order chi connectivity index (χ0) is 13.8. The lowest BCUT2D eigenvalue weighted by atomic mass is 10.2. The Morgan fingerprint density at radius 3 is 2.79 bits per heavy atom. The van der Waals surface area contributed by atoms with E-state index in [-0.39, 0.29) is 6.03 Å². The first-order valence-electron chi connectivity index (χ1n) is 6.46. The highest BCUT2D eigenvalue weighted by molar-refractivity contribution is 5.74. The maximum absolute atomic E-state index is 11.4. The highest BCUT2D eigenvalue weighted by Crippen LogP contribution is 1.94. The van der Waals surface area contributed by atoms with Gasteiger partial charge in [0.1, 0.15) is 0 Å². The summed E-state index contributed by atoms with van der Waals surface area (Å²) in [4.78, 5) is 11.4. The van der Waals surface area contributed by atoms with E-state index < -0.39 is 0 Å². The second kappa shape index (κ2) is 9.98. The standard InChI is InChI=1S/C15H20N2O2/c1-2-19-13-7-12-17-15(18)16-11-6-10-14-8-4-3-5-9-14/h3-5,8-9H,2,7,11-13H2,1H3,(H2,16,17,18). The molecular weight excluding hydrogens is 240 g/mol. The van der Waals surface area contributed by atoms with Crippen LogP contribution in [0.4, 0.5) is 4.79 Å². The average Bonchev–Trinajstić information content (AvgIpc) is 2.44. The third-order valence-electron chi connectivity index (χ3n) is 2.30. The van der Waals surface area contributed by atoms with E-state index in [0.717, 1.165) is 12.0 Å². The van der Waals surface area contributed by atoms with E-state index in [1.807, 2.05) is 37.3 Å². The summed E-state index contributed by atoms with van der Waals surface area (Å²) in [6.45, 7) is 4.28. The van der Waals surface area contributed by atoms with Crippen molar-refractivity contribution in [3.8, 4) is 11.8 Å². The molecule has 1 aromatic rings. The van der Waals surface area contributed by atoms with E-state index in [1.54, 1.807) is 0 Å². The van der Waals surface area contributed by atoms with Gasteiger partial charge in [0.2, 0.25) is 0 Å². The molecule has 0 aliphatic carbocycles. The van der Waals surface area contributed by atoms with Crippen LogP contribution in [0.5, 0.6) is 0 Å². The number of ether oxygens (including phenoxy) is 1. The molecule has 0 atom stereocenters. The Bertz CT molecular complexity index is 421. The minimum absolute atomic E-state index is 0.195. The number of rotatable bonds is 6. The quantitative estimate of drug-likeness (QED) is 0.605. The second-order valence-corrected chi connectivity index (χ2v) is 3.83. The molecule has 0 bridgehead atoms. The molecule has 2 N–H and O–H groups in total. The number of nitrogens with one attached hydrogen (secondary N) is 2. The van der Waals surface area contributed by atoms with Crippen molar-refractivity contribution >= 4 is 6.03 Å². The van der Waals surface area contributed by atoms with E-state index in [9.17, 15) is 4.79 Å². The summed E-state index contributed by atoms with van der Waals surface area (Å²) in [5, 5.41) is 5.42. The second-order valence-electron chi connectivity index (χ2n) is 3.83. The zero-order valence-corrected chi connectivity index (χ0v) is 11.2. The van der Waals surface area contributed by atoms with Crippen molar-refractivity contribution in [1.29, 1.82) is 0 Å². The third-order valence-corrected chi connectivity index (χ3v) is 2.30. The molecule has 19 heavy (non-hydrogen) atoms. The highest BCUT2D eigenvalue weighted by Gasteiger charge is 1.96. The normalized spacial score (nSPS) is 9.32. The van der Waals surface area contributed by atoms with Crippen LogP contribution in [0.1, 0.15) is 18.9 Å². The summed E-state index contributed by atoms with van der Waals surface area (Å²) >= 11 is 0. The van der Waals surface area contributed by atoms with Crippen LogP contribution in [0.15, 0.2) is 30.3 Å². The van der Waals surface area contributed by atoms with E-state index in [2.05, 4.69) is 22.5 Å². The molecule has 0 heterocycles. The fourth-order valence-electron chi connectivity index (χ4n) is 1.38. The van der Waals surface area contributed by atoms with Crippen LogP contribution in [0.2, 0.25) is 0 Å². The van der Waals surface area contributed by atoms with Gasteiger partial charge in [0, 0.05) is 25.3 Å². The van der Waals surface area contributed by atoms with Gasteiger partial charge in [-0.25, -0.2) is 4.79 Å². The van der Waals surface area contributed by atoms with Crippen molar-refractivity contribution in [1.82, 2.24) is 10.6 Å². The lowest BCUT2D eigenvalue weighted by Gasteiger charge is -2.05. The lowest BCUT2D eigenvalue weighted by molar-refractivity contribution is 0.145. The molecule has 0 radical (unpaired) electrons. The van der Waals surface area contributed by atoms with Crippen LogP contribution in [-0.4, -0.2) is 32.3 Å². The number of benzene rings is 1. The van der Waals surface area contributed by atoms with Crippen LogP contribution >= 0.6 is 0 Å². The molecule has 0 fully saturated rings. The molecule has 0 saturated heterocycles. The summed E-state index contributed by atoms with van der Waals surface area (Å²) < 4.78 is 5.17. The van der Waals surface area contributed by atoms with Gasteiger partial charge >= 0.3 is 6.03 Å². The molecule has 0 aliphatic heterocycles. The Morgan fingerprint density at radius 1 is 1.26 bits per heavy atom. The maximum atomic E-state index is 11.4. The first-order chi connectivity index (χ1) is 9.33. The smallest absolute Gasteiger partial charge is 0.315 e. The minimum atomic E-state index is -0.195. The molecule has 4 nitrogen and oxygen atoms in total. The lowest BCUT2D eigenvalue weighted by Crippen LogP contribution is -2.36. The molecule has 0 unspecified atom stereocenters. The monoisotopic (exact) mass is 260 g/mol. The summed E-state index contributed by atoms with van der Waals surface area (Å²) in [6.07, 6.45) is 0.816. The number of carbonyl (C=O) groups is 1. The van der Waals surface area contributed by atoms with Gasteiger partial charge in [-0.3, -0.25) is 0 Å². The van der Waals surface area contributed by atoms with Gasteiger partial charge in [0.25, 0.3) is 0 Å². The first kappa shape index (κ1) is 15.1. The predicted molar refractivity (Wildman–Crippen MR) is 75.8 cm³/mol. The Kier molecular flexibility index (Phi) is 7.92. The van der Waals surface area contributed by atoms with Crippen LogP contribution in [-0.2, 0) is 4.74 Å². The summed E-state index contributed by atoms with van der Waals surface area (Å²) in [6, 6.07) is 9.48. The number of hydrogen-bond donors (Lipinski definition) is 2. The van der Waals surface area contributed by atoms with Gasteiger partial charge in [-0.1, -0.05) is 30.0 Å². The topological polar surface area (TPSA) is 50.4 Å². The van der Waals surface area contributed by atoms with E-state index in [1.165, 1.54) is 0 Å². The molecule has 0 aliphatic rings. The van der Waals surface area contributed by atoms with Crippen LogP contribution in [0, 0.1) is 11.8 Å². The molecule has 0 aromatic heterocycles. The fourth-order valence-corrected chi connectivity index (χ4v) is 1.38. The van der Waals surface area contributed by atoms with Gasteiger partial charge < -0.3 is 15.4 Å². The maximum Gasteiger partial charge on any atom is 0.315 e. The highest BCUT2D eigenvalue weighted by atomic mass is 16.5. The summed E-state index contributed by atoms with van der Waals surface area (Å²) in [5.41, 5.74) is 0.946. The summed E-state index contributed by atoms with van der Waals surface area (Å²) in [5.74, 6) is 5.87. The van der Waals surface area contributed by atoms with Crippen molar-refractivity contribution < 1.29 is 9.53 Å². The fraction of sp³-hybridized carbons (Fsp3) is 0.400. The minimum Gasteiger partial charge on any atom is -0.382 e. The Labute approximate surface area is 114 Å². The molecule has 4 heteroatoms. The summed E-state index contributed by atoms with van der Waals surface area (Å²) in [7, 11) is 0. The molecular formula is C15H20N2O2. The van der Waals surface area contributed by atoms with Crippen LogP contribution < -0.4 is 10.6 Å². The van der Waals surface area contributed by atoms with Crippen molar-refractivity contribution in [2.24, 2.45) is 0 Å². The molecule has 2 amide bonds. The van der Waals surface area contributed by atoms with Gasteiger partial charge in [0.15, 0.2) is 0 Å². The van der Waals surface area contributed by atoms with Gasteiger partial charge in [-0.2, -0.15) is 0 Å². The van der Waals surface area contributed by atoms with Gasteiger partial charge in [-0.15, -0.1) is 0 Å². The molecule has 0 spiro atoms. The van der Waals surface area contributed by atoms with Gasteiger partial charge in [-0.05, 0) is 25.5 Å². The van der Waals surface area contributed by atoms with Crippen molar-refractivity contribution in [2.45, 2.75) is 13.3 Å². The van der Waals surface area contributed by atoms with Crippen molar-refractivity contribution in [2.75, 3.05) is 26.3 Å². The predicted octanol–water partition coefficient (Wildman–Crippen LogP) is 1.76. The number of carbonyl (C=O) groups excluding carboxylic acids is 1. The molecule has 0 saturated carbocycles. The van der Waals surface area contributed by atoms with E-state index >= 15 is 0 Å².